The van der Waals surface area contributed by atoms with Gasteiger partial charge in [0, 0.05) is 11.1 Å². The molecule has 1 nitrogen and oxygen atoms in total. The van der Waals surface area contributed by atoms with Crippen LogP contribution < -0.4 is 4.74 Å². The highest BCUT2D eigenvalue weighted by Gasteiger charge is 2.48. The van der Waals surface area contributed by atoms with E-state index in [0.29, 0.717) is 23.6 Å². The molecule has 1 fully saturated rings. The topological polar surface area (TPSA) is 9.23 Å². The molecule has 0 amide bonds. The van der Waals surface area contributed by atoms with Crippen LogP contribution in [0.15, 0.2) is 48.5 Å². The van der Waals surface area contributed by atoms with E-state index >= 15 is 8.78 Å². The summed E-state index contributed by atoms with van der Waals surface area (Å²) in [6, 6.07) is 10.2. The van der Waals surface area contributed by atoms with E-state index in [0.717, 1.165) is 62.8 Å². The van der Waals surface area contributed by atoms with Gasteiger partial charge in [0.1, 0.15) is 11.3 Å². The Balaban J connectivity index is 1.70. The Kier molecular flexibility index (Phi) is 8.28. The average Bonchev–Trinajstić information content (AvgIpc) is 2.89. The zero-order chi connectivity index (χ0) is 28.5. The summed E-state index contributed by atoms with van der Waals surface area (Å²) in [5, 5.41) is 0. The fraction of sp³-hybridized carbons (Fsp3) is 0.400. The number of rotatable bonds is 6. The molecule has 0 unspecified atom stereocenters. The molecule has 4 rings (SSSR count). The standard InChI is InChI=1S/C30H28F8O/c1-3-4-17-5-7-18(8-6-17)19-9-11-20(12-10-19)21-13-14-23(28(32)27(21)31)22-15-16-24(39-2)26(30(36,37)38)25(22)29(33,34)35/h9-18H,3-8H2,1-2H3. The lowest BCUT2D eigenvalue weighted by atomic mass is 9.77. The van der Waals surface area contributed by atoms with Gasteiger partial charge in [0.05, 0.1) is 12.7 Å². The van der Waals surface area contributed by atoms with Crippen molar-refractivity contribution in [2.24, 2.45) is 5.92 Å². The number of ether oxygens (including phenoxy) is 1. The first kappa shape index (κ1) is 28.9. The van der Waals surface area contributed by atoms with Gasteiger partial charge in [0.25, 0.3) is 0 Å². The summed E-state index contributed by atoms with van der Waals surface area (Å²) >= 11 is 0. The van der Waals surface area contributed by atoms with E-state index in [-0.39, 0.29) is 5.56 Å². The van der Waals surface area contributed by atoms with Crippen molar-refractivity contribution >= 4 is 0 Å². The smallest absolute Gasteiger partial charge is 0.420 e. The van der Waals surface area contributed by atoms with Gasteiger partial charge in [-0.15, -0.1) is 0 Å². The summed E-state index contributed by atoms with van der Waals surface area (Å²) in [5.41, 5.74) is -5.11. The molecule has 1 aliphatic rings. The number of alkyl halides is 6. The lowest BCUT2D eigenvalue weighted by molar-refractivity contribution is -0.162. The van der Waals surface area contributed by atoms with Gasteiger partial charge in [-0.05, 0) is 66.3 Å². The maximum atomic E-state index is 15.2. The van der Waals surface area contributed by atoms with E-state index in [4.69, 9.17) is 0 Å². The molecule has 39 heavy (non-hydrogen) atoms. The van der Waals surface area contributed by atoms with Crippen LogP contribution in [0.2, 0.25) is 0 Å². The Morgan fingerprint density at radius 1 is 0.692 bits per heavy atom. The number of halogens is 8. The second-order valence-corrected chi connectivity index (χ2v) is 9.98. The van der Waals surface area contributed by atoms with Crippen molar-refractivity contribution < 1.29 is 39.9 Å². The number of hydrogen-bond donors (Lipinski definition) is 0. The first-order valence-electron chi connectivity index (χ1n) is 12.8. The van der Waals surface area contributed by atoms with Crippen molar-refractivity contribution in [2.45, 2.75) is 63.7 Å². The lowest BCUT2D eigenvalue weighted by Crippen LogP contribution is -2.19. The molecule has 0 N–H and O–H groups in total. The van der Waals surface area contributed by atoms with Crippen LogP contribution in [0.1, 0.15) is 68.1 Å². The third kappa shape index (κ3) is 5.92. The van der Waals surface area contributed by atoms with E-state index in [2.05, 4.69) is 11.7 Å². The Morgan fingerprint density at radius 2 is 1.23 bits per heavy atom. The fourth-order valence-electron chi connectivity index (χ4n) is 5.66. The highest BCUT2D eigenvalue weighted by molar-refractivity contribution is 5.76. The van der Waals surface area contributed by atoms with Crippen LogP contribution in [0.25, 0.3) is 22.3 Å². The second-order valence-electron chi connectivity index (χ2n) is 9.98. The third-order valence-corrected chi connectivity index (χ3v) is 7.56. The molecule has 210 valence electrons. The molecule has 0 spiro atoms. The van der Waals surface area contributed by atoms with Crippen molar-refractivity contribution in [1.82, 2.24) is 0 Å². The highest BCUT2D eigenvalue weighted by atomic mass is 19.4. The molecular formula is C30H28F8O. The molecule has 0 aromatic heterocycles. The second kappa shape index (κ2) is 11.2. The van der Waals surface area contributed by atoms with E-state index in [1.54, 1.807) is 12.1 Å². The number of benzene rings is 3. The molecule has 0 atom stereocenters. The Morgan fingerprint density at radius 3 is 1.77 bits per heavy atom. The van der Waals surface area contributed by atoms with Crippen LogP contribution in [-0.2, 0) is 12.4 Å². The Hall–Kier alpha value is -3.10. The maximum Gasteiger partial charge on any atom is 0.420 e. The summed E-state index contributed by atoms with van der Waals surface area (Å²) in [5.74, 6) is -3.09. The third-order valence-electron chi connectivity index (χ3n) is 7.56. The van der Waals surface area contributed by atoms with Crippen LogP contribution >= 0.6 is 0 Å². The number of methoxy groups -OCH3 is 1. The van der Waals surface area contributed by atoms with E-state index in [1.165, 1.54) is 6.42 Å². The first-order chi connectivity index (χ1) is 18.4. The molecule has 0 saturated heterocycles. The average molecular weight is 557 g/mol. The molecule has 0 aliphatic heterocycles. The van der Waals surface area contributed by atoms with E-state index in [9.17, 15) is 26.3 Å². The largest absolute Gasteiger partial charge is 0.496 e. The summed E-state index contributed by atoms with van der Waals surface area (Å²) < 4.78 is 118. The minimum atomic E-state index is -5.53. The van der Waals surface area contributed by atoms with Gasteiger partial charge >= 0.3 is 12.4 Å². The molecule has 0 heterocycles. The lowest BCUT2D eigenvalue weighted by Gasteiger charge is -2.28. The summed E-state index contributed by atoms with van der Waals surface area (Å²) in [6.07, 6.45) is -4.24. The van der Waals surface area contributed by atoms with Crippen LogP contribution in [0, 0.1) is 17.6 Å². The molecule has 1 saturated carbocycles. The van der Waals surface area contributed by atoms with Crippen molar-refractivity contribution in [3.05, 3.63) is 76.9 Å². The molecule has 9 heteroatoms. The Labute approximate surface area is 221 Å². The minimum absolute atomic E-state index is 0.201. The number of hydrogen-bond acceptors (Lipinski definition) is 1. The molecule has 0 radical (unpaired) electrons. The zero-order valence-electron chi connectivity index (χ0n) is 21.4. The maximum absolute atomic E-state index is 15.2. The van der Waals surface area contributed by atoms with Gasteiger partial charge in [0.15, 0.2) is 11.6 Å². The molecule has 0 bridgehead atoms. The quantitative estimate of drug-likeness (QED) is 0.275. The predicted molar refractivity (Wildman–Crippen MR) is 133 cm³/mol. The van der Waals surface area contributed by atoms with Gasteiger partial charge < -0.3 is 4.74 Å². The molecule has 3 aromatic carbocycles. The molecular weight excluding hydrogens is 528 g/mol. The van der Waals surface area contributed by atoms with Crippen LogP contribution in [-0.4, -0.2) is 7.11 Å². The SMILES string of the molecule is CCCC1CCC(c2ccc(-c3ccc(-c4ccc(OC)c(C(F)(F)F)c4C(F)(F)F)c(F)c3F)cc2)CC1. The van der Waals surface area contributed by atoms with Gasteiger partial charge in [-0.1, -0.05) is 56.2 Å². The summed E-state index contributed by atoms with van der Waals surface area (Å²) in [6.45, 7) is 2.17. The normalized spacial score (nSPS) is 18.3. The van der Waals surface area contributed by atoms with Crippen LogP contribution in [0.3, 0.4) is 0 Å². The highest BCUT2D eigenvalue weighted by Crippen LogP contribution is 2.49. The summed E-state index contributed by atoms with van der Waals surface area (Å²) in [7, 11) is 0.794. The zero-order valence-corrected chi connectivity index (χ0v) is 21.4. The van der Waals surface area contributed by atoms with Gasteiger partial charge in [-0.25, -0.2) is 8.78 Å². The van der Waals surface area contributed by atoms with E-state index < -0.39 is 52.0 Å². The summed E-state index contributed by atoms with van der Waals surface area (Å²) in [4.78, 5) is 0. The van der Waals surface area contributed by atoms with Crippen LogP contribution in [0.5, 0.6) is 5.75 Å². The molecule has 1 aliphatic carbocycles. The van der Waals surface area contributed by atoms with Crippen molar-refractivity contribution in [1.29, 1.82) is 0 Å². The predicted octanol–water partition coefficient (Wildman–Crippen LogP) is 10.4. The van der Waals surface area contributed by atoms with Gasteiger partial charge in [-0.2, -0.15) is 26.3 Å². The van der Waals surface area contributed by atoms with Gasteiger partial charge in [0.2, 0.25) is 0 Å². The fourth-order valence-corrected chi connectivity index (χ4v) is 5.66. The van der Waals surface area contributed by atoms with Crippen LogP contribution in [0.4, 0.5) is 35.1 Å². The Bertz CT molecular complexity index is 1300. The van der Waals surface area contributed by atoms with Crippen molar-refractivity contribution in [3.8, 4) is 28.0 Å². The van der Waals surface area contributed by atoms with E-state index in [1.807, 2.05) is 12.1 Å². The minimum Gasteiger partial charge on any atom is -0.496 e. The van der Waals surface area contributed by atoms with Gasteiger partial charge in [-0.3, -0.25) is 0 Å². The van der Waals surface area contributed by atoms with Crippen molar-refractivity contribution in [2.75, 3.05) is 7.11 Å². The molecule has 3 aromatic rings. The monoisotopic (exact) mass is 556 g/mol. The van der Waals surface area contributed by atoms with Crippen molar-refractivity contribution in [3.63, 3.8) is 0 Å². The first-order valence-corrected chi connectivity index (χ1v) is 12.8.